The molecular formula is C6H12NO2. The molecular weight excluding hydrogens is 118 g/mol. The van der Waals surface area contributed by atoms with Crippen LogP contribution in [0.3, 0.4) is 0 Å². The van der Waals surface area contributed by atoms with Crippen LogP contribution in [0.15, 0.2) is 0 Å². The summed E-state index contributed by atoms with van der Waals surface area (Å²) >= 11 is 0. The second-order valence-corrected chi connectivity index (χ2v) is 2.40. The molecule has 2 unspecified atom stereocenters. The SMILES string of the molecule is OCC1CCC(CO)[N]1. The summed E-state index contributed by atoms with van der Waals surface area (Å²) in [5.74, 6) is 0. The van der Waals surface area contributed by atoms with Gasteiger partial charge in [-0.2, -0.15) is 0 Å². The molecule has 0 amide bonds. The number of hydrogen-bond acceptors (Lipinski definition) is 2. The summed E-state index contributed by atoms with van der Waals surface area (Å²) in [5, 5.41) is 21.3. The molecule has 3 nitrogen and oxygen atoms in total. The largest absolute Gasteiger partial charge is 0.395 e. The molecule has 1 radical (unpaired) electrons. The van der Waals surface area contributed by atoms with Crippen LogP contribution in [-0.2, 0) is 0 Å². The van der Waals surface area contributed by atoms with E-state index in [1.165, 1.54) is 0 Å². The van der Waals surface area contributed by atoms with Gasteiger partial charge in [-0.25, -0.2) is 5.32 Å². The topological polar surface area (TPSA) is 54.6 Å². The summed E-state index contributed by atoms with van der Waals surface area (Å²) in [5.41, 5.74) is 0. The molecule has 0 aromatic carbocycles. The van der Waals surface area contributed by atoms with E-state index in [9.17, 15) is 0 Å². The number of hydrogen-bond donors (Lipinski definition) is 2. The number of aliphatic hydroxyl groups excluding tert-OH is 2. The first kappa shape index (κ1) is 6.99. The smallest absolute Gasteiger partial charge is 0.0601 e. The molecule has 0 aromatic heterocycles. The third-order valence-electron chi connectivity index (χ3n) is 1.68. The van der Waals surface area contributed by atoms with Gasteiger partial charge in [0.05, 0.1) is 13.2 Å². The molecule has 1 fully saturated rings. The molecule has 3 heteroatoms. The van der Waals surface area contributed by atoms with Crippen LogP contribution in [0.1, 0.15) is 12.8 Å². The molecule has 53 valence electrons. The molecule has 0 aliphatic carbocycles. The Morgan fingerprint density at radius 3 is 1.78 bits per heavy atom. The maximum Gasteiger partial charge on any atom is 0.0601 e. The van der Waals surface area contributed by atoms with Crippen molar-refractivity contribution >= 4 is 0 Å². The minimum Gasteiger partial charge on any atom is -0.395 e. The van der Waals surface area contributed by atoms with E-state index in [0.29, 0.717) is 0 Å². The van der Waals surface area contributed by atoms with Gasteiger partial charge in [-0.3, -0.25) is 0 Å². The van der Waals surface area contributed by atoms with E-state index in [2.05, 4.69) is 5.32 Å². The standard InChI is InChI=1S/C6H12NO2/c8-3-5-1-2-6(4-9)7-5/h5-6,8-9H,1-4H2. The fourth-order valence-corrected chi connectivity index (χ4v) is 1.11. The summed E-state index contributed by atoms with van der Waals surface area (Å²) in [6, 6.07) is 0.198. The molecule has 2 atom stereocenters. The second-order valence-electron chi connectivity index (χ2n) is 2.40. The van der Waals surface area contributed by atoms with Gasteiger partial charge in [-0.05, 0) is 12.8 Å². The molecule has 9 heavy (non-hydrogen) atoms. The van der Waals surface area contributed by atoms with Crippen LogP contribution in [0.5, 0.6) is 0 Å². The van der Waals surface area contributed by atoms with Gasteiger partial charge in [0.15, 0.2) is 0 Å². The first-order valence-electron chi connectivity index (χ1n) is 3.28. The lowest BCUT2D eigenvalue weighted by Crippen LogP contribution is -2.26. The zero-order valence-corrected chi connectivity index (χ0v) is 5.32. The summed E-state index contributed by atoms with van der Waals surface area (Å²) in [7, 11) is 0. The van der Waals surface area contributed by atoms with Crippen LogP contribution in [0, 0.1) is 0 Å². The minimum absolute atomic E-state index is 0.0992. The number of aliphatic hydroxyl groups is 2. The van der Waals surface area contributed by atoms with Gasteiger partial charge in [0, 0.05) is 12.1 Å². The highest BCUT2D eigenvalue weighted by atomic mass is 16.3. The van der Waals surface area contributed by atoms with Crippen molar-refractivity contribution in [3.05, 3.63) is 0 Å². The third-order valence-corrected chi connectivity index (χ3v) is 1.68. The molecule has 1 aliphatic heterocycles. The van der Waals surface area contributed by atoms with Crippen LogP contribution >= 0.6 is 0 Å². The van der Waals surface area contributed by atoms with E-state index in [1.54, 1.807) is 0 Å². The number of rotatable bonds is 2. The predicted molar refractivity (Wildman–Crippen MR) is 33.1 cm³/mol. The first-order chi connectivity index (χ1) is 4.36. The predicted octanol–water partition coefficient (Wildman–Crippen LogP) is -0.894. The van der Waals surface area contributed by atoms with Crippen molar-refractivity contribution in [1.82, 2.24) is 5.32 Å². The molecule has 1 aliphatic rings. The summed E-state index contributed by atoms with van der Waals surface area (Å²) in [6.07, 6.45) is 1.86. The van der Waals surface area contributed by atoms with Crippen molar-refractivity contribution in [1.29, 1.82) is 0 Å². The second kappa shape index (κ2) is 3.15. The van der Waals surface area contributed by atoms with E-state index in [1.807, 2.05) is 0 Å². The van der Waals surface area contributed by atoms with Gasteiger partial charge in [0.2, 0.25) is 0 Å². The summed E-state index contributed by atoms with van der Waals surface area (Å²) in [4.78, 5) is 0. The van der Waals surface area contributed by atoms with Gasteiger partial charge >= 0.3 is 0 Å². The Morgan fingerprint density at radius 2 is 1.56 bits per heavy atom. The zero-order valence-electron chi connectivity index (χ0n) is 5.32. The molecule has 2 N–H and O–H groups in total. The molecule has 0 bridgehead atoms. The fourth-order valence-electron chi connectivity index (χ4n) is 1.11. The average molecular weight is 130 g/mol. The van der Waals surface area contributed by atoms with Crippen LogP contribution < -0.4 is 5.32 Å². The molecule has 1 saturated heterocycles. The highest BCUT2D eigenvalue weighted by molar-refractivity contribution is 4.81. The van der Waals surface area contributed by atoms with Gasteiger partial charge in [-0.15, -0.1) is 0 Å². The monoisotopic (exact) mass is 130 g/mol. The minimum atomic E-state index is 0.0992. The van der Waals surface area contributed by atoms with Crippen LogP contribution in [-0.4, -0.2) is 35.5 Å². The molecule has 1 rings (SSSR count). The van der Waals surface area contributed by atoms with Crippen LogP contribution in [0.4, 0.5) is 0 Å². The highest BCUT2D eigenvalue weighted by Gasteiger charge is 2.23. The lowest BCUT2D eigenvalue weighted by molar-refractivity contribution is 0.224. The first-order valence-corrected chi connectivity index (χ1v) is 3.28. The maximum absolute atomic E-state index is 8.60. The molecule has 0 saturated carbocycles. The van der Waals surface area contributed by atoms with Crippen molar-refractivity contribution < 1.29 is 10.2 Å². The Bertz CT molecular complexity index is 77.1. The van der Waals surface area contributed by atoms with Crippen molar-refractivity contribution in [2.24, 2.45) is 0 Å². The van der Waals surface area contributed by atoms with Gasteiger partial charge in [-0.1, -0.05) is 0 Å². The fraction of sp³-hybridized carbons (Fsp3) is 1.00. The van der Waals surface area contributed by atoms with Crippen molar-refractivity contribution in [3.8, 4) is 0 Å². The van der Waals surface area contributed by atoms with Gasteiger partial charge < -0.3 is 10.2 Å². The van der Waals surface area contributed by atoms with E-state index >= 15 is 0 Å². The Balaban J connectivity index is 2.20. The molecule has 0 aromatic rings. The Hall–Kier alpha value is -0.120. The maximum atomic E-state index is 8.60. The normalized spacial score (nSPS) is 35.3. The Morgan fingerprint density at radius 1 is 1.11 bits per heavy atom. The van der Waals surface area contributed by atoms with E-state index in [4.69, 9.17) is 10.2 Å². The van der Waals surface area contributed by atoms with Crippen LogP contribution in [0.2, 0.25) is 0 Å². The van der Waals surface area contributed by atoms with Crippen molar-refractivity contribution in [3.63, 3.8) is 0 Å². The lowest BCUT2D eigenvalue weighted by Gasteiger charge is -2.05. The average Bonchev–Trinajstić information content (AvgIpc) is 2.34. The third kappa shape index (κ3) is 1.64. The van der Waals surface area contributed by atoms with Gasteiger partial charge in [0.1, 0.15) is 0 Å². The van der Waals surface area contributed by atoms with E-state index in [-0.39, 0.29) is 25.3 Å². The van der Waals surface area contributed by atoms with Crippen molar-refractivity contribution in [2.75, 3.05) is 13.2 Å². The quantitative estimate of drug-likeness (QED) is 0.509. The Labute approximate surface area is 54.7 Å². The molecule has 0 spiro atoms. The summed E-state index contributed by atoms with van der Waals surface area (Å²) in [6.45, 7) is 0.271. The zero-order chi connectivity index (χ0) is 6.69. The summed E-state index contributed by atoms with van der Waals surface area (Å²) < 4.78 is 0. The van der Waals surface area contributed by atoms with E-state index < -0.39 is 0 Å². The van der Waals surface area contributed by atoms with Crippen LogP contribution in [0.25, 0.3) is 0 Å². The number of nitrogens with zero attached hydrogens (tertiary/aromatic N) is 1. The van der Waals surface area contributed by atoms with Gasteiger partial charge in [0.25, 0.3) is 0 Å². The Kier molecular flexibility index (Phi) is 2.45. The highest BCUT2D eigenvalue weighted by Crippen LogP contribution is 2.12. The van der Waals surface area contributed by atoms with E-state index in [0.717, 1.165) is 12.8 Å². The lowest BCUT2D eigenvalue weighted by atomic mass is 10.2. The van der Waals surface area contributed by atoms with Crippen molar-refractivity contribution in [2.45, 2.75) is 24.9 Å². The molecule has 1 heterocycles.